The fourth-order valence-corrected chi connectivity index (χ4v) is 3.14. The highest BCUT2D eigenvalue weighted by Crippen LogP contribution is 2.22. The molecule has 0 saturated carbocycles. The molecule has 0 radical (unpaired) electrons. The minimum atomic E-state index is -0.0288. The topological polar surface area (TPSA) is 49.3 Å². The summed E-state index contributed by atoms with van der Waals surface area (Å²) in [4.78, 5) is 12.7. The van der Waals surface area contributed by atoms with Gasteiger partial charge in [-0.05, 0) is 65.5 Å². The van der Waals surface area contributed by atoms with Crippen molar-refractivity contribution in [3.63, 3.8) is 0 Å². The summed E-state index contributed by atoms with van der Waals surface area (Å²) >= 11 is 4.78. The van der Waals surface area contributed by atoms with Gasteiger partial charge in [-0.2, -0.15) is 0 Å². The average molecular weight is 354 g/mol. The summed E-state index contributed by atoms with van der Waals surface area (Å²) in [5.74, 6) is 0.247. The number of thiophene rings is 1. The van der Waals surface area contributed by atoms with Crippen LogP contribution in [0.2, 0.25) is 0 Å². The number of halogens is 1. The number of rotatable bonds is 5. The lowest BCUT2D eigenvalue weighted by Gasteiger charge is -2.13. The smallest absolute Gasteiger partial charge is 0.261 e. The van der Waals surface area contributed by atoms with Crippen molar-refractivity contribution in [3.05, 3.63) is 50.6 Å². The van der Waals surface area contributed by atoms with Gasteiger partial charge in [0.2, 0.25) is 0 Å². The number of phenolic OH excluding ortho intramolecular Hbond substituents is 1. The van der Waals surface area contributed by atoms with Crippen LogP contribution in [0.3, 0.4) is 0 Å². The van der Waals surface area contributed by atoms with Gasteiger partial charge in [0.25, 0.3) is 5.91 Å². The molecule has 0 aliphatic carbocycles. The van der Waals surface area contributed by atoms with Crippen LogP contribution in [0.1, 0.15) is 28.6 Å². The maximum atomic E-state index is 12.0. The van der Waals surface area contributed by atoms with Crippen LogP contribution < -0.4 is 5.32 Å². The third kappa shape index (κ3) is 4.35. The van der Waals surface area contributed by atoms with E-state index in [1.807, 2.05) is 31.2 Å². The number of carbonyl (C=O) groups excluding carboxylic acids is 1. The summed E-state index contributed by atoms with van der Waals surface area (Å²) in [6.45, 7) is 2.00. The highest BCUT2D eigenvalue weighted by Gasteiger charge is 2.11. The van der Waals surface area contributed by atoms with Gasteiger partial charge in [0.05, 0.1) is 8.66 Å². The predicted molar refractivity (Wildman–Crippen MR) is 85.4 cm³/mol. The van der Waals surface area contributed by atoms with Crippen LogP contribution >= 0.6 is 27.3 Å². The van der Waals surface area contributed by atoms with Crippen molar-refractivity contribution >= 4 is 33.2 Å². The minimum Gasteiger partial charge on any atom is -0.508 e. The van der Waals surface area contributed by atoms with Crippen molar-refractivity contribution < 1.29 is 9.90 Å². The number of aromatic hydroxyl groups is 1. The van der Waals surface area contributed by atoms with Crippen molar-refractivity contribution in [2.75, 3.05) is 0 Å². The van der Waals surface area contributed by atoms with Gasteiger partial charge in [-0.25, -0.2) is 0 Å². The van der Waals surface area contributed by atoms with Gasteiger partial charge in [-0.3, -0.25) is 4.79 Å². The van der Waals surface area contributed by atoms with Gasteiger partial charge >= 0.3 is 0 Å². The Bertz CT molecular complexity index is 580. The first-order chi connectivity index (χ1) is 9.54. The molecule has 1 aromatic heterocycles. The molecule has 5 heteroatoms. The zero-order valence-corrected chi connectivity index (χ0v) is 13.5. The number of aryl methyl sites for hydroxylation is 1. The molecule has 1 unspecified atom stereocenters. The Balaban J connectivity index is 1.82. The van der Waals surface area contributed by atoms with Gasteiger partial charge < -0.3 is 10.4 Å². The molecular weight excluding hydrogens is 338 g/mol. The minimum absolute atomic E-state index is 0.0288. The zero-order valence-electron chi connectivity index (χ0n) is 11.1. The van der Waals surface area contributed by atoms with Crippen LogP contribution in [0, 0.1) is 0 Å². The molecule has 0 saturated heterocycles. The Hall–Kier alpha value is -1.33. The van der Waals surface area contributed by atoms with Gasteiger partial charge in [-0.1, -0.05) is 12.1 Å². The molecule has 2 N–H and O–H groups in total. The van der Waals surface area contributed by atoms with Crippen LogP contribution in [0.5, 0.6) is 5.75 Å². The van der Waals surface area contributed by atoms with E-state index in [2.05, 4.69) is 21.2 Å². The van der Waals surface area contributed by atoms with Crippen LogP contribution in [0.4, 0.5) is 0 Å². The number of carbonyl (C=O) groups is 1. The van der Waals surface area contributed by atoms with E-state index in [-0.39, 0.29) is 17.7 Å². The molecule has 1 amide bonds. The number of amides is 1. The first-order valence-corrected chi connectivity index (χ1v) is 7.99. The van der Waals surface area contributed by atoms with Crippen molar-refractivity contribution in [1.82, 2.24) is 5.32 Å². The fourth-order valence-electron chi connectivity index (χ4n) is 1.85. The Labute approximate surface area is 130 Å². The summed E-state index contributed by atoms with van der Waals surface area (Å²) in [6, 6.07) is 11.0. The first-order valence-electron chi connectivity index (χ1n) is 6.38. The third-order valence-corrected chi connectivity index (χ3v) is 4.60. The lowest BCUT2D eigenvalue weighted by Crippen LogP contribution is -2.32. The predicted octanol–water partition coefficient (Wildman–Crippen LogP) is 3.97. The van der Waals surface area contributed by atoms with E-state index < -0.39 is 0 Å². The van der Waals surface area contributed by atoms with E-state index in [4.69, 9.17) is 0 Å². The Kier molecular flexibility index (Phi) is 5.20. The van der Waals surface area contributed by atoms with Crippen LogP contribution in [0.15, 0.2) is 40.2 Å². The van der Waals surface area contributed by atoms with Gasteiger partial charge in [0.1, 0.15) is 5.75 Å². The molecule has 1 aromatic carbocycles. The first kappa shape index (κ1) is 15.1. The standard InChI is InChI=1S/C15H16BrNO2S/c1-10(2-3-11-4-6-12(18)7-5-11)17-15(19)13-8-9-14(16)20-13/h4-10,18H,2-3H2,1H3,(H,17,19). The number of benzene rings is 1. The summed E-state index contributed by atoms with van der Waals surface area (Å²) in [5.41, 5.74) is 1.16. The molecule has 2 aromatic rings. The molecule has 3 nitrogen and oxygen atoms in total. The monoisotopic (exact) mass is 353 g/mol. The third-order valence-electron chi connectivity index (χ3n) is 2.98. The number of hydrogen-bond acceptors (Lipinski definition) is 3. The van der Waals surface area contributed by atoms with Crippen LogP contribution in [-0.4, -0.2) is 17.1 Å². The molecule has 1 heterocycles. The molecule has 0 fully saturated rings. The van der Waals surface area contributed by atoms with Crippen molar-refractivity contribution in [1.29, 1.82) is 0 Å². The van der Waals surface area contributed by atoms with Gasteiger partial charge in [-0.15, -0.1) is 11.3 Å². The van der Waals surface area contributed by atoms with Crippen molar-refractivity contribution in [3.8, 4) is 5.75 Å². The number of nitrogens with one attached hydrogen (secondary N) is 1. The Morgan fingerprint density at radius 2 is 2.00 bits per heavy atom. The SMILES string of the molecule is CC(CCc1ccc(O)cc1)NC(=O)c1ccc(Br)s1. The molecular formula is C15H16BrNO2S. The van der Waals surface area contributed by atoms with Crippen molar-refractivity contribution in [2.24, 2.45) is 0 Å². The lowest BCUT2D eigenvalue weighted by molar-refractivity contribution is 0.0942. The highest BCUT2D eigenvalue weighted by atomic mass is 79.9. The van der Waals surface area contributed by atoms with Crippen LogP contribution in [0.25, 0.3) is 0 Å². The molecule has 0 aliphatic heterocycles. The maximum Gasteiger partial charge on any atom is 0.261 e. The Morgan fingerprint density at radius 3 is 2.60 bits per heavy atom. The molecule has 0 aliphatic rings. The van der Waals surface area contributed by atoms with Crippen molar-refractivity contribution in [2.45, 2.75) is 25.8 Å². The van der Waals surface area contributed by atoms with E-state index in [0.29, 0.717) is 4.88 Å². The molecule has 0 spiro atoms. The maximum absolute atomic E-state index is 12.0. The zero-order chi connectivity index (χ0) is 14.5. The molecule has 0 bridgehead atoms. The van der Waals surface area contributed by atoms with E-state index in [9.17, 15) is 9.90 Å². The highest BCUT2D eigenvalue weighted by molar-refractivity contribution is 9.11. The second-order valence-electron chi connectivity index (χ2n) is 4.68. The van der Waals surface area contributed by atoms with E-state index in [1.54, 1.807) is 12.1 Å². The number of phenols is 1. The summed E-state index contributed by atoms with van der Waals surface area (Å²) in [5, 5.41) is 12.2. The van der Waals surface area contributed by atoms with E-state index in [0.717, 1.165) is 22.2 Å². The normalized spacial score (nSPS) is 12.1. The van der Waals surface area contributed by atoms with E-state index >= 15 is 0 Å². The second kappa shape index (κ2) is 6.90. The molecule has 106 valence electrons. The Morgan fingerprint density at radius 1 is 1.30 bits per heavy atom. The molecule has 20 heavy (non-hydrogen) atoms. The summed E-state index contributed by atoms with van der Waals surface area (Å²) in [7, 11) is 0. The lowest BCUT2D eigenvalue weighted by atomic mass is 10.1. The number of hydrogen-bond donors (Lipinski definition) is 2. The summed E-state index contributed by atoms with van der Waals surface area (Å²) < 4.78 is 0.958. The second-order valence-corrected chi connectivity index (χ2v) is 7.15. The largest absolute Gasteiger partial charge is 0.508 e. The van der Waals surface area contributed by atoms with Gasteiger partial charge in [0.15, 0.2) is 0 Å². The average Bonchev–Trinajstić information content (AvgIpc) is 2.85. The molecule has 1 atom stereocenters. The molecule has 2 rings (SSSR count). The fraction of sp³-hybridized carbons (Fsp3) is 0.267. The van der Waals surface area contributed by atoms with Crippen LogP contribution in [-0.2, 0) is 6.42 Å². The quantitative estimate of drug-likeness (QED) is 0.854. The summed E-state index contributed by atoms with van der Waals surface area (Å²) in [6.07, 6.45) is 1.74. The van der Waals surface area contributed by atoms with E-state index in [1.165, 1.54) is 11.3 Å². The van der Waals surface area contributed by atoms with Gasteiger partial charge in [0, 0.05) is 6.04 Å².